The summed E-state index contributed by atoms with van der Waals surface area (Å²) in [6, 6.07) is 7.72. The summed E-state index contributed by atoms with van der Waals surface area (Å²) in [5.74, 6) is 0.196. The average Bonchev–Trinajstić information content (AvgIpc) is 2.52. The van der Waals surface area contributed by atoms with E-state index in [1.165, 1.54) is 11.8 Å². The molecule has 2 rings (SSSR count). The minimum absolute atomic E-state index is 0.0724. The van der Waals surface area contributed by atoms with Crippen molar-refractivity contribution in [2.24, 2.45) is 0 Å². The Morgan fingerprint density at radius 2 is 1.95 bits per heavy atom. The van der Waals surface area contributed by atoms with Crippen LogP contribution in [-0.4, -0.2) is 26.8 Å². The zero-order valence-electron chi connectivity index (χ0n) is 13.1. The molecule has 0 aliphatic heterocycles. The number of carbonyl (C=O) groups excluding carboxylic acids is 1. The summed E-state index contributed by atoms with van der Waals surface area (Å²) in [5.41, 5.74) is 3.80. The number of amides is 1. The third-order valence-corrected chi connectivity index (χ3v) is 3.96. The van der Waals surface area contributed by atoms with Gasteiger partial charge in [-0.1, -0.05) is 37.7 Å². The van der Waals surface area contributed by atoms with Gasteiger partial charge in [0, 0.05) is 5.69 Å². The Kier molecular flexibility index (Phi) is 5.89. The van der Waals surface area contributed by atoms with Crippen molar-refractivity contribution < 1.29 is 4.79 Å². The van der Waals surface area contributed by atoms with E-state index < -0.39 is 0 Å². The van der Waals surface area contributed by atoms with Gasteiger partial charge in [0.05, 0.1) is 17.1 Å². The molecule has 6 heteroatoms. The van der Waals surface area contributed by atoms with Crippen LogP contribution < -0.4 is 5.32 Å². The Hall–Kier alpha value is -1.95. The summed E-state index contributed by atoms with van der Waals surface area (Å²) in [5, 5.41) is 11.7. The van der Waals surface area contributed by atoms with Gasteiger partial charge in [0.2, 0.25) is 11.1 Å². The van der Waals surface area contributed by atoms with Gasteiger partial charge in [-0.15, -0.1) is 5.10 Å². The van der Waals surface area contributed by atoms with Crippen molar-refractivity contribution in [2.45, 2.75) is 38.8 Å². The van der Waals surface area contributed by atoms with Gasteiger partial charge < -0.3 is 5.32 Å². The van der Waals surface area contributed by atoms with E-state index in [0.717, 1.165) is 35.5 Å². The maximum Gasteiger partial charge on any atom is 0.234 e. The fourth-order valence-corrected chi connectivity index (χ4v) is 2.64. The minimum atomic E-state index is -0.0724. The third kappa shape index (κ3) is 4.53. The molecule has 0 unspecified atom stereocenters. The van der Waals surface area contributed by atoms with Gasteiger partial charge >= 0.3 is 0 Å². The first-order chi connectivity index (χ1) is 10.6. The van der Waals surface area contributed by atoms with Crippen LogP contribution in [0, 0.1) is 6.92 Å². The van der Waals surface area contributed by atoms with Crippen molar-refractivity contribution in [3.8, 4) is 0 Å². The van der Waals surface area contributed by atoms with Gasteiger partial charge in [0.15, 0.2) is 0 Å². The number of hydrogen-bond acceptors (Lipinski definition) is 5. The number of hydrogen-bond donors (Lipinski definition) is 1. The molecular weight excluding hydrogens is 296 g/mol. The Bertz CT molecular complexity index is 660. The topological polar surface area (TPSA) is 67.8 Å². The van der Waals surface area contributed by atoms with Gasteiger partial charge in [-0.3, -0.25) is 4.79 Å². The molecule has 1 N–H and O–H groups in total. The number of thioether (sulfide) groups is 1. The van der Waals surface area contributed by atoms with Crippen molar-refractivity contribution in [2.75, 3.05) is 11.1 Å². The number of nitrogens with one attached hydrogen (secondary N) is 1. The van der Waals surface area contributed by atoms with Gasteiger partial charge in [0.25, 0.3) is 0 Å². The van der Waals surface area contributed by atoms with Crippen molar-refractivity contribution in [1.82, 2.24) is 15.2 Å². The van der Waals surface area contributed by atoms with Crippen molar-refractivity contribution in [1.29, 1.82) is 0 Å². The maximum atomic E-state index is 12.0. The summed E-state index contributed by atoms with van der Waals surface area (Å²) in [4.78, 5) is 16.4. The average molecular weight is 316 g/mol. The SMILES string of the molecule is CCc1nnc(SCC(=O)Nc2cccc(C)c2)nc1CC. The second-order valence-electron chi connectivity index (χ2n) is 4.90. The van der Waals surface area contributed by atoms with Crippen LogP contribution in [0.5, 0.6) is 0 Å². The molecule has 1 aromatic heterocycles. The monoisotopic (exact) mass is 316 g/mol. The van der Waals surface area contributed by atoms with Crippen LogP contribution in [0.25, 0.3) is 0 Å². The van der Waals surface area contributed by atoms with Crippen molar-refractivity contribution in [3.05, 3.63) is 41.2 Å². The molecule has 1 amide bonds. The molecule has 5 nitrogen and oxygen atoms in total. The fourth-order valence-electron chi connectivity index (χ4n) is 2.03. The third-order valence-electron chi connectivity index (χ3n) is 3.12. The molecular formula is C16H20N4OS. The van der Waals surface area contributed by atoms with Crippen LogP contribution in [0.2, 0.25) is 0 Å². The minimum Gasteiger partial charge on any atom is -0.325 e. The molecule has 0 atom stereocenters. The highest BCUT2D eigenvalue weighted by Crippen LogP contribution is 2.15. The molecule has 1 aromatic carbocycles. The largest absolute Gasteiger partial charge is 0.325 e. The molecule has 0 fully saturated rings. The predicted molar refractivity (Wildman–Crippen MR) is 89.1 cm³/mol. The van der Waals surface area contributed by atoms with Gasteiger partial charge in [-0.25, -0.2) is 4.98 Å². The molecule has 0 spiro atoms. The Balaban J connectivity index is 1.93. The molecule has 0 bridgehead atoms. The quantitative estimate of drug-likeness (QED) is 0.830. The first-order valence-corrected chi connectivity index (χ1v) is 8.32. The lowest BCUT2D eigenvalue weighted by atomic mass is 10.2. The first-order valence-electron chi connectivity index (χ1n) is 7.34. The van der Waals surface area contributed by atoms with E-state index in [9.17, 15) is 4.79 Å². The molecule has 0 saturated carbocycles. The molecule has 116 valence electrons. The fraction of sp³-hybridized carbons (Fsp3) is 0.375. The number of nitrogens with zero attached hydrogens (tertiary/aromatic N) is 3. The Morgan fingerprint density at radius 3 is 2.64 bits per heavy atom. The van der Waals surface area contributed by atoms with E-state index >= 15 is 0 Å². The molecule has 2 aromatic rings. The highest BCUT2D eigenvalue weighted by Gasteiger charge is 2.09. The van der Waals surface area contributed by atoms with E-state index in [0.29, 0.717) is 5.16 Å². The van der Waals surface area contributed by atoms with Crippen LogP contribution in [0.4, 0.5) is 5.69 Å². The zero-order valence-corrected chi connectivity index (χ0v) is 13.9. The predicted octanol–water partition coefficient (Wildman–Crippen LogP) is 3.04. The smallest absolute Gasteiger partial charge is 0.234 e. The summed E-state index contributed by atoms with van der Waals surface area (Å²) in [6.07, 6.45) is 1.64. The van der Waals surface area contributed by atoms with Gasteiger partial charge in [-0.2, -0.15) is 5.10 Å². The molecule has 0 aliphatic carbocycles. The van der Waals surface area contributed by atoms with Gasteiger partial charge in [-0.05, 0) is 37.5 Å². The number of rotatable bonds is 6. The van der Waals surface area contributed by atoms with E-state index in [4.69, 9.17) is 0 Å². The lowest BCUT2D eigenvalue weighted by molar-refractivity contribution is -0.113. The van der Waals surface area contributed by atoms with E-state index in [2.05, 4.69) is 20.5 Å². The summed E-state index contributed by atoms with van der Waals surface area (Å²) in [7, 11) is 0. The lowest BCUT2D eigenvalue weighted by Gasteiger charge is -2.07. The molecule has 1 heterocycles. The van der Waals surface area contributed by atoms with E-state index in [-0.39, 0.29) is 11.7 Å². The van der Waals surface area contributed by atoms with Crippen molar-refractivity contribution >= 4 is 23.4 Å². The second kappa shape index (κ2) is 7.89. The van der Waals surface area contributed by atoms with Crippen LogP contribution >= 0.6 is 11.8 Å². The molecule has 0 saturated heterocycles. The standard InChI is InChI=1S/C16H20N4OS/c1-4-13-14(5-2)19-20-16(18-13)22-10-15(21)17-12-8-6-7-11(3)9-12/h6-9H,4-5,10H2,1-3H3,(H,17,21). The number of anilines is 1. The maximum absolute atomic E-state index is 12.0. The number of benzene rings is 1. The number of aromatic nitrogens is 3. The van der Waals surface area contributed by atoms with E-state index in [1.807, 2.05) is 45.0 Å². The highest BCUT2D eigenvalue weighted by molar-refractivity contribution is 7.99. The van der Waals surface area contributed by atoms with Crippen LogP contribution in [0.1, 0.15) is 30.8 Å². The zero-order chi connectivity index (χ0) is 15.9. The second-order valence-corrected chi connectivity index (χ2v) is 5.84. The Morgan fingerprint density at radius 1 is 1.18 bits per heavy atom. The highest BCUT2D eigenvalue weighted by atomic mass is 32.2. The summed E-state index contributed by atoms with van der Waals surface area (Å²) in [6.45, 7) is 6.07. The van der Waals surface area contributed by atoms with Crippen LogP contribution in [0.15, 0.2) is 29.4 Å². The van der Waals surface area contributed by atoms with Crippen LogP contribution in [0.3, 0.4) is 0 Å². The first kappa shape index (κ1) is 16.4. The Labute approximate surface area is 135 Å². The van der Waals surface area contributed by atoms with Crippen LogP contribution in [-0.2, 0) is 17.6 Å². The summed E-state index contributed by atoms with van der Waals surface area (Å²) >= 11 is 1.30. The van der Waals surface area contributed by atoms with E-state index in [1.54, 1.807) is 0 Å². The lowest BCUT2D eigenvalue weighted by Crippen LogP contribution is -2.14. The summed E-state index contributed by atoms with van der Waals surface area (Å²) < 4.78 is 0. The van der Waals surface area contributed by atoms with Gasteiger partial charge in [0.1, 0.15) is 0 Å². The normalized spacial score (nSPS) is 10.5. The van der Waals surface area contributed by atoms with Crippen molar-refractivity contribution in [3.63, 3.8) is 0 Å². The number of aryl methyl sites for hydroxylation is 3. The number of carbonyl (C=O) groups is 1. The molecule has 0 radical (unpaired) electrons. The molecule has 0 aliphatic rings. The molecule has 22 heavy (non-hydrogen) atoms.